The van der Waals surface area contributed by atoms with Crippen molar-refractivity contribution in [3.63, 3.8) is 0 Å². The SMILES string of the molecule is Cc1cc(-c2cc(C(=O)NC(C)c3ccccn3)c3c(C)noc3n2)c(C)o1. The summed E-state index contributed by atoms with van der Waals surface area (Å²) in [6, 6.07) is 9.00. The lowest BCUT2D eigenvalue weighted by Gasteiger charge is -2.14. The lowest BCUT2D eigenvalue weighted by Crippen LogP contribution is -2.27. The highest BCUT2D eigenvalue weighted by atomic mass is 16.5. The Kier molecular flexibility index (Phi) is 4.43. The van der Waals surface area contributed by atoms with Crippen molar-refractivity contribution < 1.29 is 13.7 Å². The Balaban J connectivity index is 1.77. The molecule has 0 aliphatic rings. The van der Waals surface area contributed by atoms with Gasteiger partial charge in [-0.15, -0.1) is 0 Å². The molecule has 0 aliphatic carbocycles. The van der Waals surface area contributed by atoms with Crippen molar-refractivity contribution in [3.8, 4) is 11.3 Å². The quantitative estimate of drug-likeness (QED) is 0.571. The molecule has 1 atom stereocenters. The molecule has 1 amide bonds. The minimum Gasteiger partial charge on any atom is -0.466 e. The molecule has 0 saturated carbocycles. The predicted octanol–water partition coefficient (Wildman–Crippen LogP) is 4.29. The van der Waals surface area contributed by atoms with Crippen LogP contribution in [-0.4, -0.2) is 21.0 Å². The molecule has 4 rings (SSSR count). The fourth-order valence-corrected chi connectivity index (χ4v) is 3.28. The molecule has 0 radical (unpaired) electrons. The van der Waals surface area contributed by atoms with Crippen LogP contribution in [0.1, 0.15) is 46.2 Å². The number of hydrogen-bond acceptors (Lipinski definition) is 6. The lowest BCUT2D eigenvalue weighted by atomic mass is 10.0. The van der Waals surface area contributed by atoms with Gasteiger partial charge in [-0.25, -0.2) is 4.98 Å². The van der Waals surface area contributed by atoms with Crippen LogP contribution in [0.4, 0.5) is 0 Å². The van der Waals surface area contributed by atoms with E-state index in [1.807, 2.05) is 45.0 Å². The first-order valence-electron chi connectivity index (χ1n) is 9.00. The third kappa shape index (κ3) is 3.15. The first-order valence-corrected chi connectivity index (χ1v) is 9.00. The Bertz CT molecular complexity index is 1160. The summed E-state index contributed by atoms with van der Waals surface area (Å²) in [6.45, 7) is 7.42. The zero-order chi connectivity index (χ0) is 19.8. The van der Waals surface area contributed by atoms with E-state index in [-0.39, 0.29) is 11.9 Å². The van der Waals surface area contributed by atoms with Gasteiger partial charge >= 0.3 is 0 Å². The number of aryl methyl sites for hydroxylation is 3. The summed E-state index contributed by atoms with van der Waals surface area (Å²) >= 11 is 0. The summed E-state index contributed by atoms with van der Waals surface area (Å²) < 4.78 is 11.0. The summed E-state index contributed by atoms with van der Waals surface area (Å²) in [4.78, 5) is 22.0. The maximum atomic E-state index is 13.1. The molecule has 4 heterocycles. The number of fused-ring (bicyclic) bond motifs is 1. The third-order valence-electron chi connectivity index (χ3n) is 4.66. The Morgan fingerprint density at radius 3 is 2.68 bits per heavy atom. The molecule has 0 spiro atoms. The number of furan rings is 1. The molecule has 4 aromatic heterocycles. The van der Waals surface area contributed by atoms with E-state index < -0.39 is 0 Å². The highest BCUT2D eigenvalue weighted by molar-refractivity contribution is 6.07. The van der Waals surface area contributed by atoms with E-state index in [4.69, 9.17) is 8.94 Å². The van der Waals surface area contributed by atoms with Gasteiger partial charge in [-0.1, -0.05) is 11.2 Å². The van der Waals surface area contributed by atoms with Gasteiger partial charge in [0.05, 0.1) is 34.1 Å². The van der Waals surface area contributed by atoms with E-state index in [1.54, 1.807) is 19.2 Å². The smallest absolute Gasteiger partial charge is 0.259 e. The maximum Gasteiger partial charge on any atom is 0.259 e. The molecule has 0 bridgehead atoms. The summed E-state index contributed by atoms with van der Waals surface area (Å²) in [6.07, 6.45) is 1.70. The van der Waals surface area contributed by atoms with Crippen LogP contribution < -0.4 is 5.32 Å². The van der Waals surface area contributed by atoms with Crippen molar-refractivity contribution in [2.45, 2.75) is 33.7 Å². The van der Waals surface area contributed by atoms with Crippen molar-refractivity contribution in [2.75, 3.05) is 0 Å². The molecule has 1 unspecified atom stereocenters. The van der Waals surface area contributed by atoms with Gasteiger partial charge in [-0.2, -0.15) is 0 Å². The fraction of sp³-hybridized carbons (Fsp3) is 0.238. The molecule has 7 nitrogen and oxygen atoms in total. The Labute approximate surface area is 161 Å². The van der Waals surface area contributed by atoms with Crippen LogP contribution in [0.15, 0.2) is 45.5 Å². The van der Waals surface area contributed by atoms with Crippen LogP contribution in [0.3, 0.4) is 0 Å². The van der Waals surface area contributed by atoms with E-state index in [0.29, 0.717) is 28.1 Å². The second-order valence-corrected chi connectivity index (χ2v) is 6.78. The number of nitrogens with one attached hydrogen (secondary N) is 1. The first-order chi connectivity index (χ1) is 13.4. The van der Waals surface area contributed by atoms with Gasteiger partial charge in [0.15, 0.2) is 0 Å². The number of carbonyl (C=O) groups excluding carboxylic acids is 1. The summed E-state index contributed by atoms with van der Waals surface area (Å²) in [5.41, 5.74) is 3.60. The van der Waals surface area contributed by atoms with Crippen LogP contribution in [0, 0.1) is 20.8 Å². The van der Waals surface area contributed by atoms with E-state index in [1.165, 1.54) is 0 Å². The summed E-state index contributed by atoms with van der Waals surface area (Å²) in [7, 11) is 0. The standard InChI is InChI=1S/C21H20N4O3/c1-11-9-15(14(4)27-11)18-10-16(19-13(3)25-28-21(19)24-18)20(26)23-12(2)17-7-5-6-8-22-17/h5-10,12H,1-4H3,(H,23,26). The topological polar surface area (TPSA) is 94.1 Å². The molecule has 7 heteroatoms. The molecular weight excluding hydrogens is 356 g/mol. The number of amides is 1. The number of nitrogens with zero attached hydrogens (tertiary/aromatic N) is 3. The van der Waals surface area contributed by atoms with Gasteiger partial charge in [0.1, 0.15) is 11.5 Å². The van der Waals surface area contributed by atoms with Gasteiger partial charge in [0.25, 0.3) is 11.6 Å². The minimum atomic E-state index is -0.251. The van der Waals surface area contributed by atoms with Crippen molar-refractivity contribution in [1.82, 2.24) is 20.4 Å². The molecular formula is C21H20N4O3. The predicted molar refractivity (Wildman–Crippen MR) is 104 cm³/mol. The number of aromatic nitrogens is 3. The van der Waals surface area contributed by atoms with Crippen LogP contribution in [0.5, 0.6) is 0 Å². The lowest BCUT2D eigenvalue weighted by molar-refractivity contribution is 0.0940. The van der Waals surface area contributed by atoms with Gasteiger partial charge in [-0.05, 0) is 52.0 Å². The molecule has 142 valence electrons. The van der Waals surface area contributed by atoms with Crippen LogP contribution in [0.25, 0.3) is 22.4 Å². The molecule has 28 heavy (non-hydrogen) atoms. The van der Waals surface area contributed by atoms with E-state index >= 15 is 0 Å². The normalized spacial score (nSPS) is 12.3. The summed E-state index contributed by atoms with van der Waals surface area (Å²) in [5.74, 6) is 1.27. The highest BCUT2D eigenvalue weighted by Gasteiger charge is 2.22. The van der Waals surface area contributed by atoms with E-state index in [9.17, 15) is 4.79 Å². The second-order valence-electron chi connectivity index (χ2n) is 6.78. The highest BCUT2D eigenvalue weighted by Crippen LogP contribution is 2.30. The number of pyridine rings is 2. The van der Waals surface area contributed by atoms with Crippen molar-refractivity contribution in [2.24, 2.45) is 0 Å². The molecule has 0 saturated heterocycles. The molecule has 0 aliphatic heterocycles. The van der Waals surface area contributed by atoms with Crippen molar-refractivity contribution >= 4 is 17.0 Å². The Hall–Kier alpha value is -3.48. The van der Waals surface area contributed by atoms with Gasteiger partial charge in [-0.3, -0.25) is 9.78 Å². The third-order valence-corrected chi connectivity index (χ3v) is 4.66. The minimum absolute atomic E-state index is 0.240. The maximum absolute atomic E-state index is 13.1. The monoisotopic (exact) mass is 376 g/mol. The largest absolute Gasteiger partial charge is 0.466 e. The van der Waals surface area contributed by atoms with Crippen LogP contribution >= 0.6 is 0 Å². The van der Waals surface area contributed by atoms with Gasteiger partial charge in [0.2, 0.25) is 0 Å². The Morgan fingerprint density at radius 1 is 1.18 bits per heavy atom. The first kappa shape index (κ1) is 17.9. The fourth-order valence-electron chi connectivity index (χ4n) is 3.28. The zero-order valence-corrected chi connectivity index (χ0v) is 16.1. The molecule has 0 fully saturated rings. The number of carbonyl (C=O) groups is 1. The van der Waals surface area contributed by atoms with Crippen LogP contribution in [-0.2, 0) is 0 Å². The van der Waals surface area contributed by atoms with Crippen LogP contribution in [0.2, 0.25) is 0 Å². The second kappa shape index (κ2) is 6.92. The Morgan fingerprint density at radius 2 is 2.00 bits per heavy atom. The van der Waals surface area contributed by atoms with Gasteiger partial charge < -0.3 is 14.3 Å². The number of hydrogen-bond donors (Lipinski definition) is 1. The van der Waals surface area contributed by atoms with Gasteiger partial charge in [0, 0.05) is 11.8 Å². The zero-order valence-electron chi connectivity index (χ0n) is 16.1. The van der Waals surface area contributed by atoms with Crippen molar-refractivity contribution in [1.29, 1.82) is 0 Å². The average Bonchev–Trinajstić information content (AvgIpc) is 3.23. The summed E-state index contributed by atoms with van der Waals surface area (Å²) in [5, 5.41) is 7.59. The van der Waals surface area contributed by atoms with E-state index in [0.717, 1.165) is 22.8 Å². The molecule has 4 aromatic rings. The molecule has 0 aromatic carbocycles. The van der Waals surface area contributed by atoms with Crippen molar-refractivity contribution in [3.05, 3.63) is 65.0 Å². The molecule has 1 N–H and O–H groups in total. The number of rotatable bonds is 4. The average molecular weight is 376 g/mol. The van der Waals surface area contributed by atoms with E-state index in [2.05, 4.69) is 20.4 Å².